The van der Waals surface area contributed by atoms with Gasteiger partial charge in [0.2, 0.25) is 0 Å². The highest BCUT2D eigenvalue weighted by molar-refractivity contribution is 7.12. The number of benzene rings is 1. The summed E-state index contributed by atoms with van der Waals surface area (Å²) in [6.07, 6.45) is 0.691. The Hall–Kier alpha value is -2.95. The van der Waals surface area contributed by atoms with Gasteiger partial charge in [-0.2, -0.15) is 10.4 Å². The largest absolute Gasteiger partial charge is 0.484 e. The summed E-state index contributed by atoms with van der Waals surface area (Å²) in [5, 5.41) is 19.1. The summed E-state index contributed by atoms with van der Waals surface area (Å²) in [5.41, 5.74) is 1.42. The van der Waals surface area contributed by atoms with Crippen molar-refractivity contribution in [3.63, 3.8) is 0 Å². The summed E-state index contributed by atoms with van der Waals surface area (Å²) in [4.78, 5) is 15.0. The lowest BCUT2D eigenvalue weighted by Gasteiger charge is -2.20. The number of hydrogen-bond donors (Lipinski definition) is 0. The summed E-state index contributed by atoms with van der Waals surface area (Å²) >= 11 is 3.24. The van der Waals surface area contributed by atoms with E-state index in [1.54, 1.807) is 46.9 Å². The van der Waals surface area contributed by atoms with Crippen LogP contribution < -0.4 is 4.74 Å². The molecule has 7 heteroatoms. The maximum Gasteiger partial charge on any atom is 0.281 e. The number of thiophene rings is 2. The van der Waals surface area contributed by atoms with Crippen molar-refractivity contribution in [2.75, 3.05) is 6.61 Å². The number of nitrogens with zero attached hydrogens (tertiary/aromatic N) is 3. The number of ether oxygens (including phenoxy) is 1. The van der Waals surface area contributed by atoms with E-state index in [9.17, 15) is 4.79 Å². The van der Waals surface area contributed by atoms with Crippen LogP contribution in [-0.2, 0) is 4.79 Å². The molecule has 2 aromatic heterocycles. The minimum absolute atomic E-state index is 0.108. The fourth-order valence-electron chi connectivity index (χ4n) is 2.90. The van der Waals surface area contributed by atoms with Gasteiger partial charge in [0, 0.05) is 11.3 Å². The predicted octanol–water partition coefficient (Wildman–Crippen LogP) is 4.44. The van der Waals surface area contributed by atoms with E-state index in [-0.39, 0.29) is 18.6 Å². The second-order valence-electron chi connectivity index (χ2n) is 5.93. The van der Waals surface area contributed by atoms with Crippen molar-refractivity contribution < 1.29 is 9.53 Å². The van der Waals surface area contributed by atoms with Gasteiger partial charge in [0.25, 0.3) is 5.91 Å². The summed E-state index contributed by atoms with van der Waals surface area (Å²) in [6, 6.07) is 16.7. The number of hydrogen-bond acceptors (Lipinski definition) is 6. The SMILES string of the molecule is N#Cc1cccc(OCC(=O)N2N=C(c3cccs3)CC2c2cccs2)c1. The van der Waals surface area contributed by atoms with Crippen molar-refractivity contribution in [3.05, 3.63) is 74.6 Å². The van der Waals surface area contributed by atoms with Gasteiger partial charge in [-0.05, 0) is 41.1 Å². The second-order valence-corrected chi connectivity index (χ2v) is 7.85. The lowest BCUT2D eigenvalue weighted by Crippen LogP contribution is -2.31. The van der Waals surface area contributed by atoms with E-state index in [0.717, 1.165) is 15.5 Å². The summed E-state index contributed by atoms with van der Waals surface area (Å²) in [6.45, 7) is -0.127. The van der Waals surface area contributed by atoms with Crippen LogP contribution in [0, 0.1) is 11.3 Å². The van der Waals surface area contributed by atoms with E-state index in [1.807, 2.05) is 35.0 Å². The first-order chi connectivity index (χ1) is 13.2. The van der Waals surface area contributed by atoms with Crippen LogP contribution >= 0.6 is 22.7 Å². The Morgan fingerprint density at radius 3 is 2.81 bits per heavy atom. The number of carbonyl (C=O) groups excluding carboxylic acids is 1. The zero-order valence-corrected chi connectivity index (χ0v) is 15.9. The maximum absolute atomic E-state index is 12.8. The highest BCUT2D eigenvalue weighted by Gasteiger charge is 2.34. The van der Waals surface area contributed by atoms with E-state index in [4.69, 9.17) is 10.00 Å². The lowest BCUT2D eigenvalue weighted by molar-refractivity contribution is -0.135. The van der Waals surface area contributed by atoms with Crippen molar-refractivity contribution in [2.45, 2.75) is 12.5 Å². The minimum Gasteiger partial charge on any atom is -0.484 e. The van der Waals surface area contributed by atoms with Gasteiger partial charge < -0.3 is 4.74 Å². The summed E-state index contributed by atoms with van der Waals surface area (Å²) in [7, 11) is 0. The van der Waals surface area contributed by atoms with Gasteiger partial charge in [0.15, 0.2) is 6.61 Å². The average molecular weight is 393 g/mol. The molecule has 134 valence electrons. The van der Waals surface area contributed by atoms with Gasteiger partial charge in [0.1, 0.15) is 5.75 Å². The van der Waals surface area contributed by atoms with Crippen molar-refractivity contribution in [1.82, 2.24) is 5.01 Å². The highest BCUT2D eigenvalue weighted by Crippen LogP contribution is 2.35. The van der Waals surface area contributed by atoms with Crippen LogP contribution in [0.15, 0.2) is 64.4 Å². The molecule has 0 saturated heterocycles. The molecule has 0 saturated carbocycles. The predicted molar refractivity (Wildman–Crippen MR) is 106 cm³/mol. The Balaban J connectivity index is 1.52. The lowest BCUT2D eigenvalue weighted by atomic mass is 10.1. The Bertz CT molecular complexity index is 1000. The van der Waals surface area contributed by atoms with Gasteiger partial charge in [-0.25, -0.2) is 5.01 Å². The van der Waals surface area contributed by atoms with Gasteiger partial charge >= 0.3 is 0 Å². The van der Waals surface area contributed by atoms with Crippen molar-refractivity contribution >= 4 is 34.3 Å². The van der Waals surface area contributed by atoms with E-state index >= 15 is 0 Å². The molecule has 4 rings (SSSR count). The Kier molecular flexibility index (Phi) is 5.01. The van der Waals surface area contributed by atoms with Gasteiger partial charge in [-0.15, -0.1) is 22.7 Å². The molecule has 5 nitrogen and oxygen atoms in total. The molecule has 0 fully saturated rings. The van der Waals surface area contributed by atoms with E-state index in [0.29, 0.717) is 17.7 Å². The first-order valence-electron chi connectivity index (χ1n) is 8.34. The van der Waals surface area contributed by atoms with Gasteiger partial charge in [-0.3, -0.25) is 4.79 Å². The Morgan fingerprint density at radius 1 is 1.22 bits per heavy atom. The number of hydrazone groups is 1. The van der Waals surface area contributed by atoms with Crippen LogP contribution in [0.4, 0.5) is 0 Å². The van der Waals surface area contributed by atoms with Crippen molar-refractivity contribution in [3.8, 4) is 11.8 Å². The third-order valence-electron chi connectivity index (χ3n) is 4.17. The van der Waals surface area contributed by atoms with Crippen LogP contribution in [0.1, 0.15) is 27.8 Å². The van der Waals surface area contributed by atoms with E-state index in [2.05, 4.69) is 11.2 Å². The van der Waals surface area contributed by atoms with Crippen LogP contribution in [-0.4, -0.2) is 23.2 Å². The molecule has 3 aromatic rings. The van der Waals surface area contributed by atoms with E-state index in [1.165, 1.54) is 5.01 Å². The zero-order valence-electron chi connectivity index (χ0n) is 14.2. The molecular formula is C20H15N3O2S2. The highest BCUT2D eigenvalue weighted by atomic mass is 32.1. The Morgan fingerprint density at radius 2 is 2.07 bits per heavy atom. The third-order valence-corrected chi connectivity index (χ3v) is 6.06. The van der Waals surface area contributed by atoms with Crippen LogP contribution in [0.25, 0.3) is 0 Å². The summed E-state index contributed by atoms with van der Waals surface area (Å²) in [5.74, 6) is 0.291. The summed E-state index contributed by atoms with van der Waals surface area (Å²) < 4.78 is 5.61. The molecule has 1 amide bonds. The standard InChI is InChI=1S/C20H15N3O2S2/c21-12-14-4-1-5-15(10-14)25-13-20(24)23-17(19-7-3-9-27-19)11-16(22-23)18-6-2-8-26-18/h1-10,17H,11,13H2. The normalized spacial score (nSPS) is 16.0. The second kappa shape index (κ2) is 7.74. The van der Waals surface area contributed by atoms with Crippen LogP contribution in [0.5, 0.6) is 5.75 Å². The third kappa shape index (κ3) is 3.77. The minimum atomic E-state index is -0.206. The number of amides is 1. The topological polar surface area (TPSA) is 65.7 Å². The van der Waals surface area contributed by atoms with Gasteiger partial charge in [-0.1, -0.05) is 18.2 Å². The molecule has 0 aliphatic carbocycles. The molecule has 0 N–H and O–H groups in total. The quantitative estimate of drug-likeness (QED) is 0.644. The first-order valence-corrected chi connectivity index (χ1v) is 10.1. The first kappa shape index (κ1) is 17.5. The molecule has 3 heterocycles. The molecule has 1 unspecified atom stereocenters. The molecular weight excluding hydrogens is 378 g/mol. The monoisotopic (exact) mass is 393 g/mol. The molecule has 1 atom stereocenters. The van der Waals surface area contributed by atoms with Crippen LogP contribution in [0.2, 0.25) is 0 Å². The van der Waals surface area contributed by atoms with E-state index < -0.39 is 0 Å². The molecule has 0 bridgehead atoms. The zero-order chi connectivity index (χ0) is 18.6. The fraction of sp³-hybridized carbons (Fsp3) is 0.150. The molecule has 1 aromatic carbocycles. The van der Waals surface area contributed by atoms with Crippen molar-refractivity contribution in [1.29, 1.82) is 5.26 Å². The molecule has 27 heavy (non-hydrogen) atoms. The average Bonchev–Trinajstić information content (AvgIpc) is 3.46. The van der Waals surface area contributed by atoms with Crippen LogP contribution in [0.3, 0.4) is 0 Å². The number of nitriles is 1. The number of carbonyl (C=O) groups is 1. The maximum atomic E-state index is 12.8. The molecule has 0 radical (unpaired) electrons. The number of rotatable bonds is 5. The molecule has 1 aliphatic heterocycles. The van der Waals surface area contributed by atoms with Gasteiger partial charge in [0.05, 0.1) is 28.3 Å². The molecule has 1 aliphatic rings. The fourth-order valence-corrected chi connectivity index (χ4v) is 4.43. The Labute approximate surface area is 164 Å². The smallest absolute Gasteiger partial charge is 0.281 e. The molecule has 0 spiro atoms. The van der Waals surface area contributed by atoms with Crippen molar-refractivity contribution in [2.24, 2.45) is 5.10 Å².